The van der Waals surface area contributed by atoms with Gasteiger partial charge in [0, 0.05) is 6.04 Å². The molecular formula is C15H19N3. The van der Waals surface area contributed by atoms with Crippen LogP contribution >= 0.6 is 0 Å². The summed E-state index contributed by atoms with van der Waals surface area (Å²) in [7, 11) is 0. The van der Waals surface area contributed by atoms with Gasteiger partial charge in [0.25, 0.3) is 0 Å². The third kappa shape index (κ3) is 2.23. The van der Waals surface area contributed by atoms with Crippen molar-refractivity contribution >= 4 is 11.0 Å². The van der Waals surface area contributed by atoms with Crippen molar-refractivity contribution in [1.29, 1.82) is 0 Å². The van der Waals surface area contributed by atoms with Gasteiger partial charge in [0.15, 0.2) is 0 Å². The Balaban J connectivity index is 1.92. The second-order valence-corrected chi connectivity index (χ2v) is 5.21. The molecule has 0 amide bonds. The maximum absolute atomic E-state index is 4.63. The van der Waals surface area contributed by atoms with E-state index in [9.17, 15) is 0 Å². The van der Waals surface area contributed by atoms with E-state index in [1.165, 1.54) is 18.4 Å². The Morgan fingerprint density at radius 3 is 2.67 bits per heavy atom. The topological polar surface area (TPSA) is 37.8 Å². The van der Waals surface area contributed by atoms with Crippen LogP contribution in [0.25, 0.3) is 11.0 Å². The maximum atomic E-state index is 4.63. The molecule has 0 bridgehead atoms. The fourth-order valence-electron chi connectivity index (χ4n) is 2.62. The number of nitrogens with zero attached hydrogens (tertiary/aromatic N) is 2. The minimum Gasteiger partial charge on any atom is -0.314 e. The average molecular weight is 241 g/mol. The third-order valence-electron chi connectivity index (χ3n) is 3.78. The number of nitrogens with one attached hydrogen (secondary N) is 1. The highest BCUT2D eigenvalue weighted by atomic mass is 14.9. The number of hydrogen-bond donors (Lipinski definition) is 1. The van der Waals surface area contributed by atoms with Crippen molar-refractivity contribution in [2.24, 2.45) is 0 Å². The van der Waals surface area contributed by atoms with Crippen molar-refractivity contribution in [3.05, 3.63) is 35.2 Å². The first kappa shape index (κ1) is 11.6. The van der Waals surface area contributed by atoms with Crippen molar-refractivity contribution in [2.45, 2.75) is 39.2 Å². The van der Waals surface area contributed by atoms with Gasteiger partial charge in [-0.2, -0.15) is 0 Å². The lowest BCUT2D eigenvalue weighted by molar-refractivity contribution is 0.603. The normalized spacial score (nSPS) is 19.6. The van der Waals surface area contributed by atoms with Crippen molar-refractivity contribution in [1.82, 2.24) is 15.3 Å². The summed E-state index contributed by atoms with van der Waals surface area (Å²) >= 11 is 0. The molecule has 1 N–H and O–H groups in total. The predicted octanol–water partition coefficient (Wildman–Crippen LogP) is 2.54. The number of fused-ring (bicyclic) bond motifs is 1. The van der Waals surface area contributed by atoms with Crippen molar-refractivity contribution in [3.8, 4) is 0 Å². The lowest BCUT2D eigenvalue weighted by Gasteiger charge is -2.10. The first-order valence-corrected chi connectivity index (χ1v) is 6.69. The SMILES string of the molecule is Cc1nc2ccc(CC3CCCN3)cc2nc1C. The van der Waals surface area contributed by atoms with Crippen LogP contribution < -0.4 is 5.32 Å². The zero-order chi connectivity index (χ0) is 12.5. The van der Waals surface area contributed by atoms with E-state index in [-0.39, 0.29) is 0 Å². The average Bonchev–Trinajstić information content (AvgIpc) is 2.84. The van der Waals surface area contributed by atoms with Crippen molar-refractivity contribution in [2.75, 3.05) is 6.54 Å². The second-order valence-electron chi connectivity index (χ2n) is 5.21. The van der Waals surface area contributed by atoms with Crippen LogP contribution in [-0.2, 0) is 6.42 Å². The molecule has 1 aliphatic heterocycles. The Morgan fingerprint density at radius 2 is 1.94 bits per heavy atom. The molecule has 18 heavy (non-hydrogen) atoms. The van der Waals surface area contributed by atoms with Crippen LogP contribution in [0.4, 0.5) is 0 Å². The molecule has 94 valence electrons. The number of benzene rings is 1. The molecule has 0 aliphatic carbocycles. The molecule has 0 spiro atoms. The number of rotatable bonds is 2. The van der Waals surface area contributed by atoms with Crippen LogP contribution in [0, 0.1) is 13.8 Å². The quantitative estimate of drug-likeness (QED) is 0.878. The smallest absolute Gasteiger partial charge is 0.0892 e. The Bertz CT molecular complexity index is 571. The first-order chi connectivity index (χ1) is 8.72. The van der Waals surface area contributed by atoms with E-state index < -0.39 is 0 Å². The van der Waals surface area contributed by atoms with E-state index in [4.69, 9.17) is 0 Å². The molecule has 2 heterocycles. The minimum absolute atomic E-state index is 0.641. The van der Waals surface area contributed by atoms with Gasteiger partial charge in [0.05, 0.1) is 22.4 Å². The van der Waals surface area contributed by atoms with Crippen molar-refractivity contribution in [3.63, 3.8) is 0 Å². The Kier molecular flexibility index (Phi) is 3.00. The van der Waals surface area contributed by atoms with E-state index in [1.54, 1.807) is 0 Å². The number of aromatic nitrogens is 2. The molecule has 1 atom stereocenters. The molecule has 3 nitrogen and oxygen atoms in total. The Labute approximate surface area is 108 Å². The van der Waals surface area contributed by atoms with Crippen LogP contribution in [0.3, 0.4) is 0 Å². The zero-order valence-corrected chi connectivity index (χ0v) is 11.0. The van der Waals surface area contributed by atoms with Gasteiger partial charge < -0.3 is 5.32 Å². The van der Waals surface area contributed by atoms with Gasteiger partial charge in [-0.15, -0.1) is 0 Å². The third-order valence-corrected chi connectivity index (χ3v) is 3.78. The van der Waals surface area contributed by atoms with Crippen LogP contribution in [0.15, 0.2) is 18.2 Å². The van der Waals surface area contributed by atoms with Crippen LogP contribution in [0.5, 0.6) is 0 Å². The van der Waals surface area contributed by atoms with Crippen molar-refractivity contribution < 1.29 is 0 Å². The highest BCUT2D eigenvalue weighted by molar-refractivity contribution is 5.75. The van der Waals surface area contributed by atoms with Gasteiger partial charge in [-0.25, -0.2) is 9.97 Å². The highest BCUT2D eigenvalue weighted by Gasteiger charge is 2.14. The molecule has 1 saturated heterocycles. The summed E-state index contributed by atoms with van der Waals surface area (Å²) in [4.78, 5) is 9.20. The molecule has 0 radical (unpaired) electrons. The summed E-state index contributed by atoms with van der Waals surface area (Å²) in [6.45, 7) is 5.20. The summed E-state index contributed by atoms with van der Waals surface area (Å²) in [5, 5.41) is 3.54. The summed E-state index contributed by atoms with van der Waals surface area (Å²) in [6, 6.07) is 7.11. The molecule has 1 aromatic heterocycles. The number of aryl methyl sites for hydroxylation is 2. The lowest BCUT2D eigenvalue weighted by atomic mass is 10.0. The molecule has 1 aliphatic rings. The fraction of sp³-hybridized carbons (Fsp3) is 0.467. The fourth-order valence-corrected chi connectivity index (χ4v) is 2.62. The predicted molar refractivity (Wildman–Crippen MR) is 73.7 cm³/mol. The Hall–Kier alpha value is -1.48. The molecular weight excluding hydrogens is 222 g/mol. The van der Waals surface area contributed by atoms with E-state index in [2.05, 4.69) is 33.5 Å². The molecule has 1 fully saturated rings. The van der Waals surface area contributed by atoms with Crippen LogP contribution in [0.2, 0.25) is 0 Å². The van der Waals surface area contributed by atoms with Gasteiger partial charge in [0.2, 0.25) is 0 Å². The molecule has 3 heteroatoms. The van der Waals surface area contributed by atoms with Crippen LogP contribution in [0.1, 0.15) is 29.8 Å². The molecule has 0 saturated carbocycles. The largest absolute Gasteiger partial charge is 0.314 e. The van der Waals surface area contributed by atoms with Gasteiger partial charge >= 0.3 is 0 Å². The number of hydrogen-bond acceptors (Lipinski definition) is 3. The van der Waals surface area contributed by atoms with E-state index >= 15 is 0 Å². The van der Waals surface area contributed by atoms with E-state index in [1.807, 2.05) is 13.8 Å². The minimum atomic E-state index is 0.641. The van der Waals surface area contributed by atoms with E-state index in [0.717, 1.165) is 35.4 Å². The van der Waals surface area contributed by atoms with Gasteiger partial charge in [-0.05, 0) is 57.4 Å². The summed E-state index contributed by atoms with van der Waals surface area (Å²) in [5.41, 5.74) is 5.43. The van der Waals surface area contributed by atoms with E-state index in [0.29, 0.717) is 6.04 Å². The molecule has 1 aromatic carbocycles. The van der Waals surface area contributed by atoms with Crippen LogP contribution in [-0.4, -0.2) is 22.6 Å². The van der Waals surface area contributed by atoms with Gasteiger partial charge in [-0.1, -0.05) is 6.07 Å². The Morgan fingerprint density at radius 1 is 1.17 bits per heavy atom. The molecule has 1 unspecified atom stereocenters. The second kappa shape index (κ2) is 4.65. The summed E-state index contributed by atoms with van der Waals surface area (Å²) in [6.07, 6.45) is 3.69. The lowest BCUT2D eigenvalue weighted by Crippen LogP contribution is -2.23. The summed E-state index contributed by atoms with van der Waals surface area (Å²) < 4.78 is 0. The first-order valence-electron chi connectivity index (χ1n) is 6.69. The molecule has 2 aromatic rings. The summed E-state index contributed by atoms with van der Waals surface area (Å²) in [5.74, 6) is 0. The van der Waals surface area contributed by atoms with Gasteiger partial charge in [0.1, 0.15) is 0 Å². The monoisotopic (exact) mass is 241 g/mol. The standard InChI is InChI=1S/C15H19N3/c1-10-11(2)18-15-9-12(5-6-14(15)17-10)8-13-4-3-7-16-13/h5-6,9,13,16H,3-4,7-8H2,1-2H3. The van der Waals surface area contributed by atoms with Gasteiger partial charge in [-0.3, -0.25) is 0 Å². The highest BCUT2D eigenvalue weighted by Crippen LogP contribution is 2.17. The maximum Gasteiger partial charge on any atom is 0.0892 e. The zero-order valence-electron chi connectivity index (χ0n) is 11.0. The molecule has 3 rings (SSSR count).